The van der Waals surface area contributed by atoms with Crippen LogP contribution in [0.4, 0.5) is 4.79 Å². The zero-order valence-electron chi connectivity index (χ0n) is 13.5. The maximum atomic E-state index is 11.4. The van der Waals surface area contributed by atoms with Crippen LogP contribution in [-0.4, -0.2) is 44.7 Å². The molecule has 1 aliphatic rings. The predicted molar refractivity (Wildman–Crippen MR) is 85.9 cm³/mol. The molecule has 1 amide bonds. The van der Waals surface area contributed by atoms with Gasteiger partial charge in [0.1, 0.15) is 18.1 Å². The number of hydrogen-bond donors (Lipinski definition) is 2. The van der Waals surface area contributed by atoms with Crippen molar-refractivity contribution < 1.29 is 24.1 Å². The first kappa shape index (κ1) is 17.4. The van der Waals surface area contributed by atoms with Crippen molar-refractivity contribution in [2.24, 2.45) is 5.92 Å². The second-order valence-electron chi connectivity index (χ2n) is 5.70. The first-order chi connectivity index (χ1) is 11.2. The SMILES string of the molecule is COCCOc1ccc(CCCOC(=O)NCC2CC2)c(O)c1. The van der Waals surface area contributed by atoms with Crippen molar-refractivity contribution >= 4 is 6.09 Å². The number of aryl methyl sites for hydroxylation is 1. The summed E-state index contributed by atoms with van der Waals surface area (Å²) in [4.78, 5) is 11.4. The fraction of sp³-hybridized carbons (Fsp3) is 0.588. The van der Waals surface area contributed by atoms with Gasteiger partial charge in [-0.15, -0.1) is 0 Å². The van der Waals surface area contributed by atoms with E-state index in [1.54, 1.807) is 13.2 Å². The number of nitrogens with one attached hydrogen (secondary N) is 1. The monoisotopic (exact) mass is 323 g/mol. The van der Waals surface area contributed by atoms with Crippen molar-refractivity contribution in [2.75, 3.05) is 33.5 Å². The molecular formula is C17H25NO5. The van der Waals surface area contributed by atoms with Crippen molar-refractivity contribution in [1.29, 1.82) is 0 Å². The number of hydrogen-bond acceptors (Lipinski definition) is 5. The van der Waals surface area contributed by atoms with Crippen LogP contribution in [0.2, 0.25) is 0 Å². The molecule has 1 aromatic carbocycles. The molecule has 6 nitrogen and oxygen atoms in total. The number of methoxy groups -OCH3 is 1. The van der Waals surface area contributed by atoms with Crippen molar-refractivity contribution in [1.82, 2.24) is 5.32 Å². The summed E-state index contributed by atoms with van der Waals surface area (Å²) in [6, 6.07) is 5.23. The topological polar surface area (TPSA) is 77.0 Å². The van der Waals surface area contributed by atoms with Crippen LogP contribution in [0, 0.1) is 5.92 Å². The Kier molecular flexibility index (Phi) is 7.00. The Morgan fingerprint density at radius 1 is 1.30 bits per heavy atom. The Labute approximate surface area is 136 Å². The van der Waals surface area contributed by atoms with Gasteiger partial charge in [0.15, 0.2) is 0 Å². The molecule has 0 bridgehead atoms. The van der Waals surface area contributed by atoms with Gasteiger partial charge in [-0.2, -0.15) is 0 Å². The van der Waals surface area contributed by atoms with Gasteiger partial charge in [0.25, 0.3) is 0 Å². The molecule has 0 radical (unpaired) electrons. The number of ether oxygens (including phenoxy) is 3. The second kappa shape index (κ2) is 9.25. The summed E-state index contributed by atoms with van der Waals surface area (Å²) in [5, 5.41) is 12.7. The minimum atomic E-state index is -0.358. The third kappa shape index (κ3) is 6.78. The van der Waals surface area contributed by atoms with Gasteiger partial charge >= 0.3 is 6.09 Å². The summed E-state index contributed by atoms with van der Waals surface area (Å²) < 4.78 is 15.4. The summed E-state index contributed by atoms with van der Waals surface area (Å²) >= 11 is 0. The molecule has 0 spiro atoms. The zero-order valence-corrected chi connectivity index (χ0v) is 13.5. The molecule has 128 valence electrons. The predicted octanol–water partition coefficient (Wildman–Crippen LogP) is 2.49. The quantitative estimate of drug-likeness (QED) is 0.647. The van der Waals surface area contributed by atoms with E-state index in [4.69, 9.17) is 14.2 Å². The molecule has 2 rings (SSSR count). The Balaban J connectivity index is 1.63. The van der Waals surface area contributed by atoms with Gasteiger partial charge in [-0.25, -0.2) is 4.79 Å². The lowest BCUT2D eigenvalue weighted by atomic mass is 10.1. The largest absolute Gasteiger partial charge is 0.508 e. The fourth-order valence-electron chi connectivity index (χ4n) is 2.12. The van der Waals surface area contributed by atoms with E-state index in [1.807, 2.05) is 12.1 Å². The third-order valence-electron chi connectivity index (χ3n) is 3.67. The summed E-state index contributed by atoms with van der Waals surface area (Å²) in [6.07, 6.45) is 3.34. The molecule has 1 aliphatic carbocycles. The highest BCUT2D eigenvalue weighted by Gasteiger charge is 2.21. The standard InChI is InChI=1S/C17H25NO5/c1-21-9-10-22-15-7-6-14(16(19)11-15)3-2-8-23-17(20)18-12-13-4-5-13/h6-7,11,13,19H,2-5,8-10,12H2,1H3,(H,18,20). The van der Waals surface area contributed by atoms with Gasteiger partial charge in [0.2, 0.25) is 0 Å². The Bertz CT molecular complexity index is 502. The van der Waals surface area contributed by atoms with Crippen LogP contribution in [0.15, 0.2) is 18.2 Å². The molecule has 0 saturated heterocycles. The number of benzene rings is 1. The second-order valence-corrected chi connectivity index (χ2v) is 5.70. The fourth-order valence-corrected chi connectivity index (χ4v) is 2.12. The highest BCUT2D eigenvalue weighted by molar-refractivity contribution is 5.67. The number of carbonyl (C=O) groups excluding carboxylic acids is 1. The Hall–Kier alpha value is -1.95. The van der Waals surface area contributed by atoms with Crippen LogP contribution >= 0.6 is 0 Å². The van der Waals surface area contributed by atoms with Gasteiger partial charge in [-0.05, 0) is 43.2 Å². The van der Waals surface area contributed by atoms with Crippen LogP contribution in [0.25, 0.3) is 0 Å². The molecule has 1 saturated carbocycles. The molecule has 0 aliphatic heterocycles. The third-order valence-corrected chi connectivity index (χ3v) is 3.67. The van der Waals surface area contributed by atoms with E-state index in [2.05, 4.69) is 5.32 Å². The van der Waals surface area contributed by atoms with Crippen LogP contribution in [0.5, 0.6) is 11.5 Å². The normalized spacial score (nSPS) is 13.6. The van der Waals surface area contributed by atoms with E-state index in [0.717, 1.165) is 5.56 Å². The maximum absolute atomic E-state index is 11.4. The number of aromatic hydroxyl groups is 1. The van der Waals surface area contributed by atoms with E-state index in [-0.39, 0.29) is 11.8 Å². The number of phenolic OH excluding ortho intramolecular Hbond substituents is 1. The molecule has 6 heteroatoms. The van der Waals surface area contributed by atoms with Gasteiger partial charge in [-0.3, -0.25) is 0 Å². The lowest BCUT2D eigenvalue weighted by Gasteiger charge is -2.09. The minimum absolute atomic E-state index is 0.193. The number of rotatable bonds is 10. The van der Waals surface area contributed by atoms with Crippen molar-refractivity contribution in [3.8, 4) is 11.5 Å². The van der Waals surface area contributed by atoms with Crippen LogP contribution in [0.1, 0.15) is 24.8 Å². The van der Waals surface area contributed by atoms with Crippen LogP contribution < -0.4 is 10.1 Å². The van der Waals surface area contributed by atoms with E-state index < -0.39 is 0 Å². The molecule has 0 heterocycles. The average Bonchev–Trinajstić information content (AvgIpc) is 3.36. The highest BCUT2D eigenvalue weighted by Crippen LogP contribution is 2.27. The average molecular weight is 323 g/mol. The minimum Gasteiger partial charge on any atom is -0.508 e. The summed E-state index contributed by atoms with van der Waals surface area (Å²) in [5.41, 5.74) is 0.811. The number of alkyl carbamates (subject to hydrolysis) is 1. The first-order valence-corrected chi connectivity index (χ1v) is 8.03. The van der Waals surface area contributed by atoms with E-state index in [9.17, 15) is 9.90 Å². The van der Waals surface area contributed by atoms with Crippen molar-refractivity contribution in [2.45, 2.75) is 25.7 Å². The summed E-state index contributed by atoms with van der Waals surface area (Å²) in [5.74, 6) is 1.45. The molecule has 1 fully saturated rings. The maximum Gasteiger partial charge on any atom is 0.407 e. The molecule has 0 atom stereocenters. The van der Waals surface area contributed by atoms with Crippen molar-refractivity contribution in [3.63, 3.8) is 0 Å². The Morgan fingerprint density at radius 3 is 2.83 bits per heavy atom. The summed E-state index contributed by atoms with van der Waals surface area (Å²) in [7, 11) is 1.61. The van der Waals surface area contributed by atoms with Crippen LogP contribution in [0.3, 0.4) is 0 Å². The zero-order chi connectivity index (χ0) is 16.5. The Morgan fingerprint density at radius 2 is 2.13 bits per heavy atom. The number of phenols is 1. The lowest BCUT2D eigenvalue weighted by Crippen LogP contribution is -2.26. The molecule has 23 heavy (non-hydrogen) atoms. The van der Waals surface area contributed by atoms with Gasteiger partial charge in [0.05, 0.1) is 13.2 Å². The number of carbonyl (C=O) groups is 1. The smallest absolute Gasteiger partial charge is 0.407 e. The van der Waals surface area contributed by atoms with E-state index in [1.165, 1.54) is 12.8 Å². The first-order valence-electron chi connectivity index (χ1n) is 8.03. The van der Waals surface area contributed by atoms with Crippen LogP contribution in [-0.2, 0) is 15.9 Å². The molecule has 2 N–H and O–H groups in total. The molecular weight excluding hydrogens is 298 g/mol. The van der Waals surface area contributed by atoms with Crippen molar-refractivity contribution in [3.05, 3.63) is 23.8 Å². The number of amides is 1. The van der Waals surface area contributed by atoms with Gasteiger partial charge in [0, 0.05) is 19.7 Å². The van der Waals surface area contributed by atoms with Gasteiger partial charge in [-0.1, -0.05) is 6.07 Å². The van der Waals surface area contributed by atoms with E-state index in [0.29, 0.717) is 50.9 Å². The molecule has 0 unspecified atom stereocenters. The molecule has 1 aromatic rings. The summed E-state index contributed by atoms with van der Waals surface area (Å²) in [6.45, 7) is 1.99. The molecule has 0 aromatic heterocycles. The van der Waals surface area contributed by atoms with Gasteiger partial charge < -0.3 is 24.6 Å². The van der Waals surface area contributed by atoms with E-state index >= 15 is 0 Å². The highest BCUT2D eigenvalue weighted by atomic mass is 16.5. The lowest BCUT2D eigenvalue weighted by molar-refractivity contribution is 0.144.